The van der Waals surface area contributed by atoms with E-state index in [1.807, 2.05) is 24.3 Å². The van der Waals surface area contributed by atoms with Crippen LogP contribution in [-0.2, 0) is 5.41 Å². The number of aromatic nitrogens is 1. The first-order valence-electron chi connectivity index (χ1n) is 16.1. The van der Waals surface area contributed by atoms with E-state index in [1.165, 1.54) is 44.5 Å². The average Bonchev–Trinajstić information content (AvgIpc) is 3.73. The van der Waals surface area contributed by atoms with Crippen molar-refractivity contribution in [2.75, 3.05) is 0 Å². The zero-order chi connectivity index (χ0) is 30.9. The first-order chi connectivity index (χ1) is 23.2. The molecular formula is C44H25NO2. The summed E-state index contributed by atoms with van der Waals surface area (Å²) in [6.45, 7) is 0. The van der Waals surface area contributed by atoms with Gasteiger partial charge in [-0.05, 0) is 74.7 Å². The van der Waals surface area contributed by atoms with Gasteiger partial charge in [0.05, 0.1) is 27.5 Å². The van der Waals surface area contributed by atoms with Crippen LogP contribution in [0.1, 0.15) is 22.3 Å². The van der Waals surface area contributed by atoms with Gasteiger partial charge in [-0.2, -0.15) is 0 Å². The molecule has 0 saturated heterocycles. The highest BCUT2D eigenvalue weighted by Crippen LogP contribution is 2.63. The van der Waals surface area contributed by atoms with Crippen molar-refractivity contribution in [3.05, 3.63) is 184 Å². The third-order valence-corrected chi connectivity index (χ3v) is 10.7. The molecule has 9 aromatic rings. The number of nitrogens with zero attached hydrogens (tertiary/aromatic N) is 1. The molecule has 2 aliphatic carbocycles. The molecule has 0 aliphatic heterocycles. The molecule has 7 aromatic carbocycles. The van der Waals surface area contributed by atoms with Crippen LogP contribution >= 0.6 is 0 Å². The fraction of sp³-hybridized carbons (Fsp3) is 0.0227. The lowest BCUT2D eigenvalue weighted by Gasteiger charge is -2.30. The molecule has 0 N–H and O–H groups in total. The second-order valence-electron chi connectivity index (χ2n) is 12.7. The average molecular weight is 600 g/mol. The Bertz CT molecular complexity index is 2840. The Hall–Kier alpha value is -6.19. The van der Waals surface area contributed by atoms with Crippen LogP contribution in [0.3, 0.4) is 0 Å². The van der Waals surface area contributed by atoms with Crippen LogP contribution in [0.5, 0.6) is 0 Å². The highest BCUT2D eigenvalue weighted by Gasteiger charge is 2.52. The zero-order valence-electron chi connectivity index (χ0n) is 25.2. The number of benzene rings is 7. The molecule has 11 rings (SSSR count). The van der Waals surface area contributed by atoms with Crippen molar-refractivity contribution in [1.29, 1.82) is 0 Å². The largest absolute Gasteiger partial charge is 0.422 e. The lowest BCUT2D eigenvalue weighted by Crippen LogP contribution is -2.25. The summed E-state index contributed by atoms with van der Waals surface area (Å²) in [6, 6.07) is 54.2. The minimum absolute atomic E-state index is 0.309. The molecule has 2 aromatic heterocycles. The molecule has 2 heterocycles. The zero-order valence-corrected chi connectivity index (χ0v) is 25.2. The quantitative estimate of drug-likeness (QED) is 0.139. The molecule has 0 amide bonds. The van der Waals surface area contributed by atoms with Gasteiger partial charge in [-0.3, -0.25) is 0 Å². The van der Waals surface area contributed by atoms with E-state index in [2.05, 4.69) is 132 Å². The molecule has 0 fully saturated rings. The maximum atomic E-state index is 13.0. The normalized spacial score (nSPS) is 13.8. The number of hydrogen-bond acceptors (Lipinski definition) is 2. The van der Waals surface area contributed by atoms with E-state index >= 15 is 0 Å². The van der Waals surface area contributed by atoms with E-state index in [0.717, 1.165) is 38.3 Å². The molecule has 0 radical (unpaired) electrons. The van der Waals surface area contributed by atoms with Crippen LogP contribution in [0.15, 0.2) is 161 Å². The smallest absolute Gasteiger partial charge is 0.344 e. The summed E-state index contributed by atoms with van der Waals surface area (Å²) < 4.78 is 8.35. The standard InChI is InChI=1S/C44H25NO2/c46-43-30-16-2-1-12-26(30)33-24-40-32(25-41(33)47-43)29-15-6-10-22-38(29)45(40)39-23-11-21-37-42(39)31-17-5-9-20-36(31)44(37)34-18-7-3-13-27(34)28-14-4-8-19-35(28)44/h1-25H. The first kappa shape index (κ1) is 25.1. The number of para-hydroxylation sites is 1. The summed E-state index contributed by atoms with van der Waals surface area (Å²) in [5.74, 6) is 0. The fourth-order valence-corrected chi connectivity index (χ4v) is 8.91. The van der Waals surface area contributed by atoms with E-state index in [1.54, 1.807) is 0 Å². The number of rotatable bonds is 1. The third-order valence-electron chi connectivity index (χ3n) is 10.7. The van der Waals surface area contributed by atoms with E-state index in [0.29, 0.717) is 11.0 Å². The fourth-order valence-electron chi connectivity index (χ4n) is 8.91. The predicted octanol–water partition coefficient (Wildman–Crippen LogP) is 10.4. The molecule has 2 aliphatic rings. The van der Waals surface area contributed by atoms with Gasteiger partial charge < -0.3 is 8.98 Å². The van der Waals surface area contributed by atoms with Gasteiger partial charge in [0.2, 0.25) is 0 Å². The van der Waals surface area contributed by atoms with Crippen molar-refractivity contribution in [2.45, 2.75) is 5.41 Å². The van der Waals surface area contributed by atoms with Gasteiger partial charge in [0.1, 0.15) is 5.58 Å². The highest BCUT2D eigenvalue weighted by atomic mass is 16.4. The molecule has 0 bridgehead atoms. The van der Waals surface area contributed by atoms with Gasteiger partial charge in [0.15, 0.2) is 0 Å². The number of hydrogen-bond donors (Lipinski definition) is 0. The van der Waals surface area contributed by atoms with E-state index in [9.17, 15) is 4.79 Å². The Morgan fingerprint density at radius 2 is 1.02 bits per heavy atom. The van der Waals surface area contributed by atoms with Gasteiger partial charge in [0, 0.05) is 21.7 Å². The molecule has 0 saturated carbocycles. The Balaban J connectivity index is 1.31. The van der Waals surface area contributed by atoms with Crippen molar-refractivity contribution < 1.29 is 4.42 Å². The SMILES string of the molecule is O=c1oc2cc3c4ccccc4n(-c4cccc5c4-c4ccccc4C54c5ccccc5-c5ccccc54)c3cc2c2ccccc12. The van der Waals surface area contributed by atoms with Crippen LogP contribution in [0.25, 0.3) is 71.5 Å². The predicted molar refractivity (Wildman–Crippen MR) is 191 cm³/mol. The van der Waals surface area contributed by atoms with Gasteiger partial charge in [0.25, 0.3) is 0 Å². The maximum absolute atomic E-state index is 13.0. The molecule has 0 atom stereocenters. The van der Waals surface area contributed by atoms with Crippen LogP contribution < -0.4 is 5.63 Å². The molecular weight excluding hydrogens is 574 g/mol. The van der Waals surface area contributed by atoms with E-state index in [4.69, 9.17) is 4.42 Å². The van der Waals surface area contributed by atoms with Crippen LogP contribution in [0.2, 0.25) is 0 Å². The summed E-state index contributed by atoms with van der Waals surface area (Å²) in [5, 5.41) is 4.60. The molecule has 47 heavy (non-hydrogen) atoms. The van der Waals surface area contributed by atoms with Gasteiger partial charge >= 0.3 is 5.63 Å². The highest BCUT2D eigenvalue weighted by molar-refractivity contribution is 6.17. The Morgan fingerprint density at radius 3 is 1.77 bits per heavy atom. The lowest BCUT2D eigenvalue weighted by molar-refractivity contribution is 0.570. The van der Waals surface area contributed by atoms with Crippen molar-refractivity contribution in [1.82, 2.24) is 4.57 Å². The summed E-state index contributed by atoms with van der Waals surface area (Å²) in [5.41, 5.74) is 13.6. The first-order valence-corrected chi connectivity index (χ1v) is 16.1. The molecule has 1 spiro atoms. The van der Waals surface area contributed by atoms with Gasteiger partial charge in [-0.1, -0.05) is 121 Å². The van der Waals surface area contributed by atoms with Crippen molar-refractivity contribution >= 4 is 43.5 Å². The minimum atomic E-state index is -0.416. The van der Waals surface area contributed by atoms with Gasteiger partial charge in [-0.25, -0.2) is 4.79 Å². The Kier molecular flexibility index (Phi) is 4.66. The van der Waals surface area contributed by atoms with Crippen LogP contribution in [0, 0.1) is 0 Å². The molecule has 218 valence electrons. The summed E-state index contributed by atoms with van der Waals surface area (Å²) in [7, 11) is 0. The second-order valence-corrected chi connectivity index (χ2v) is 12.7. The molecule has 3 nitrogen and oxygen atoms in total. The number of fused-ring (bicyclic) bond motifs is 16. The monoisotopic (exact) mass is 599 g/mol. The van der Waals surface area contributed by atoms with Crippen molar-refractivity contribution in [2.24, 2.45) is 0 Å². The third kappa shape index (κ3) is 2.95. The van der Waals surface area contributed by atoms with Crippen molar-refractivity contribution in [3.63, 3.8) is 0 Å². The van der Waals surface area contributed by atoms with E-state index in [-0.39, 0.29) is 5.63 Å². The van der Waals surface area contributed by atoms with Crippen molar-refractivity contribution in [3.8, 4) is 27.9 Å². The minimum Gasteiger partial charge on any atom is -0.422 e. The van der Waals surface area contributed by atoms with Crippen LogP contribution in [-0.4, -0.2) is 4.57 Å². The maximum Gasteiger partial charge on any atom is 0.344 e. The van der Waals surface area contributed by atoms with Crippen LogP contribution in [0.4, 0.5) is 0 Å². The van der Waals surface area contributed by atoms with E-state index < -0.39 is 5.41 Å². The van der Waals surface area contributed by atoms with Gasteiger partial charge in [-0.15, -0.1) is 0 Å². The summed E-state index contributed by atoms with van der Waals surface area (Å²) in [6.07, 6.45) is 0. The molecule has 3 heteroatoms. The second kappa shape index (κ2) is 8.74. The Labute approximate surface area is 269 Å². The lowest BCUT2D eigenvalue weighted by atomic mass is 9.70. The Morgan fingerprint density at radius 1 is 0.447 bits per heavy atom. The summed E-state index contributed by atoms with van der Waals surface area (Å²) >= 11 is 0. The topological polar surface area (TPSA) is 35.1 Å². The summed E-state index contributed by atoms with van der Waals surface area (Å²) in [4.78, 5) is 13.0. The molecule has 0 unspecified atom stereocenters.